The summed E-state index contributed by atoms with van der Waals surface area (Å²) in [4.78, 5) is 51.6. The van der Waals surface area contributed by atoms with E-state index in [9.17, 15) is 24.5 Å². The van der Waals surface area contributed by atoms with E-state index >= 15 is 0 Å². The van der Waals surface area contributed by atoms with Crippen molar-refractivity contribution in [2.75, 3.05) is 19.7 Å². The molecule has 4 rings (SSSR count). The van der Waals surface area contributed by atoms with Gasteiger partial charge in [0.1, 0.15) is 15.2 Å². The third-order valence-corrected chi connectivity index (χ3v) is 8.12. The van der Waals surface area contributed by atoms with E-state index in [0.717, 1.165) is 17.3 Å². The summed E-state index contributed by atoms with van der Waals surface area (Å²) in [7, 11) is 0. The van der Waals surface area contributed by atoms with Crippen molar-refractivity contribution in [3.8, 4) is 0 Å². The number of non-ortho nitro benzene ring substituents is 1. The van der Waals surface area contributed by atoms with Crippen LogP contribution in [0.4, 0.5) is 5.69 Å². The molecule has 0 spiro atoms. The van der Waals surface area contributed by atoms with E-state index < -0.39 is 10.9 Å². The third-order valence-electron chi connectivity index (χ3n) is 5.36. The van der Waals surface area contributed by atoms with Gasteiger partial charge in [-0.3, -0.25) is 34.3 Å². The number of thiocarbonyl (C=S) groups is 2. The summed E-state index contributed by atoms with van der Waals surface area (Å²) in [5.41, 5.74) is 1.46. The van der Waals surface area contributed by atoms with Crippen molar-refractivity contribution in [3.05, 3.63) is 85.6 Å². The molecule has 2 aromatic carbocycles. The van der Waals surface area contributed by atoms with Crippen LogP contribution in [0.1, 0.15) is 17.5 Å². The molecule has 194 valence electrons. The highest BCUT2D eigenvalue weighted by Gasteiger charge is 2.33. The number of amides is 2. The first-order valence-corrected chi connectivity index (χ1v) is 13.6. The molecule has 2 amide bonds. The highest BCUT2D eigenvalue weighted by molar-refractivity contribution is 8.27. The van der Waals surface area contributed by atoms with E-state index in [4.69, 9.17) is 29.2 Å². The molecule has 0 atom stereocenters. The number of ether oxygens (including phenoxy) is 1. The number of hydrogen-bond acceptors (Lipinski definition) is 10. The molecule has 13 heteroatoms. The highest BCUT2D eigenvalue weighted by Crippen LogP contribution is 2.33. The average molecular weight is 586 g/mol. The Hall–Kier alpha value is -3.39. The van der Waals surface area contributed by atoms with Crippen LogP contribution in [0.25, 0.3) is 12.2 Å². The summed E-state index contributed by atoms with van der Waals surface area (Å²) in [5.74, 6) is -1.12. The fourth-order valence-electron chi connectivity index (χ4n) is 3.46. The molecule has 2 aliphatic heterocycles. The summed E-state index contributed by atoms with van der Waals surface area (Å²) in [6.07, 6.45) is 3.31. The van der Waals surface area contributed by atoms with Gasteiger partial charge in [0.05, 0.1) is 27.7 Å². The second-order valence-electron chi connectivity index (χ2n) is 7.90. The highest BCUT2D eigenvalue weighted by atomic mass is 32.2. The first-order chi connectivity index (χ1) is 18.2. The Morgan fingerprint density at radius 3 is 1.95 bits per heavy atom. The molecule has 0 aliphatic carbocycles. The van der Waals surface area contributed by atoms with Crippen LogP contribution in [0.3, 0.4) is 0 Å². The molecule has 2 saturated heterocycles. The van der Waals surface area contributed by atoms with Gasteiger partial charge in [-0.05, 0) is 35.4 Å². The molecule has 2 aliphatic rings. The molecule has 2 heterocycles. The van der Waals surface area contributed by atoms with Gasteiger partial charge in [0.2, 0.25) is 0 Å². The molecule has 2 aromatic rings. The number of benzene rings is 2. The minimum Gasteiger partial charge on any atom is -0.464 e. The Morgan fingerprint density at radius 2 is 1.39 bits per heavy atom. The topological polar surface area (TPSA) is 110 Å². The molecule has 0 saturated carbocycles. The molecule has 0 unspecified atom stereocenters. The average Bonchev–Trinajstić information content (AvgIpc) is 3.31. The Bertz CT molecular complexity index is 1380. The van der Waals surface area contributed by atoms with Gasteiger partial charge in [-0.15, -0.1) is 0 Å². The molecule has 0 N–H and O–H groups in total. The largest absolute Gasteiger partial charge is 0.464 e. The van der Waals surface area contributed by atoms with Crippen molar-refractivity contribution in [2.45, 2.75) is 6.42 Å². The van der Waals surface area contributed by atoms with E-state index in [0.29, 0.717) is 24.0 Å². The number of carbonyl (C=O) groups is 3. The van der Waals surface area contributed by atoms with E-state index in [1.807, 2.05) is 30.3 Å². The Balaban J connectivity index is 1.25. The monoisotopic (exact) mass is 585 g/mol. The summed E-state index contributed by atoms with van der Waals surface area (Å²) >= 11 is 12.9. The van der Waals surface area contributed by atoms with Crippen molar-refractivity contribution in [3.63, 3.8) is 0 Å². The van der Waals surface area contributed by atoms with Crippen molar-refractivity contribution >= 4 is 92.2 Å². The molecule has 0 bridgehead atoms. The van der Waals surface area contributed by atoms with E-state index in [2.05, 4.69) is 0 Å². The minimum atomic E-state index is -0.530. The smallest absolute Gasteiger partial charge is 0.307 e. The number of carbonyl (C=O) groups excluding carboxylic acids is 3. The van der Waals surface area contributed by atoms with E-state index in [1.54, 1.807) is 24.3 Å². The van der Waals surface area contributed by atoms with Crippen LogP contribution in [0.5, 0.6) is 0 Å². The van der Waals surface area contributed by atoms with Gasteiger partial charge in [-0.25, -0.2) is 0 Å². The van der Waals surface area contributed by atoms with Gasteiger partial charge >= 0.3 is 5.97 Å². The number of esters is 1. The van der Waals surface area contributed by atoms with Crippen LogP contribution in [0, 0.1) is 10.1 Å². The fraction of sp³-hybridized carbons (Fsp3) is 0.160. The summed E-state index contributed by atoms with van der Waals surface area (Å²) in [6.45, 7) is 0.103. The summed E-state index contributed by atoms with van der Waals surface area (Å²) in [5, 5.41) is 10.8. The first-order valence-electron chi connectivity index (χ1n) is 11.2. The van der Waals surface area contributed by atoms with E-state index in [1.165, 1.54) is 33.7 Å². The maximum Gasteiger partial charge on any atom is 0.307 e. The van der Waals surface area contributed by atoms with Crippen molar-refractivity contribution in [2.24, 2.45) is 0 Å². The van der Waals surface area contributed by atoms with Crippen molar-refractivity contribution in [1.29, 1.82) is 0 Å². The van der Waals surface area contributed by atoms with Crippen LogP contribution in [0.2, 0.25) is 0 Å². The summed E-state index contributed by atoms with van der Waals surface area (Å²) in [6, 6.07) is 15.2. The predicted molar refractivity (Wildman–Crippen MR) is 155 cm³/mol. The molecular weight excluding hydrogens is 567 g/mol. The molecule has 0 radical (unpaired) electrons. The Labute approximate surface area is 237 Å². The quantitative estimate of drug-likeness (QED) is 0.136. The summed E-state index contributed by atoms with van der Waals surface area (Å²) < 4.78 is 5.95. The third kappa shape index (κ3) is 6.72. The maximum atomic E-state index is 12.7. The number of rotatable bonds is 9. The van der Waals surface area contributed by atoms with Gasteiger partial charge in [0, 0.05) is 18.7 Å². The fourth-order valence-corrected chi connectivity index (χ4v) is 6.07. The van der Waals surface area contributed by atoms with Crippen LogP contribution in [-0.2, 0) is 19.1 Å². The maximum absolute atomic E-state index is 12.7. The second-order valence-corrected chi connectivity index (χ2v) is 11.2. The lowest BCUT2D eigenvalue weighted by Gasteiger charge is -2.16. The lowest BCUT2D eigenvalue weighted by Crippen LogP contribution is -2.33. The molecule has 2 fully saturated rings. The molecular formula is C25H19N3O6S4. The lowest BCUT2D eigenvalue weighted by atomic mass is 10.2. The Kier molecular flexibility index (Phi) is 9.05. The number of thioether (sulfide) groups is 2. The predicted octanol–water partition coefficient (Wildman–Crippen LogP) is 4.63. The zero-order valence-electron chi connectivity index (χ0n) is 19.6. The first kappa shape index (κ1) is 27.6. The van der Waals surface area contributed by atoms with E-state index in [-0.39, 0.29) is 43.6 Å². The zero-order chi connectivity index (χ0) is 27.2. The lowest BCUT2D eigenvalue weighted by molar-refractivity contribution is -0.384. The van der Waals surface area contributed by atoms with Crippen molar-refractivity contribution in [1.82, 2.24) is 9.80 Å². The van der Waals surface area contributed by atoms with Gasteiger partial charge in [0.15, 0.2) is 0 Å². The van der Waals surface area contributed by atoms with Gasteiger partial charge in [-0.2, -0.15) is 0 Å². The van der Waals surface area contributed by atoms with Crippen molar-refractivity contribution < 1.29 is 24.0 Å². The number of hydrogen-bond donors (Lipinski definition) is 0. The van der Waals surface area contributed by atoms with Crippen LogP contribution in [0.15, 0.2) is 64.4 Å². The van der Waals surface area contributed by atoms with Crippen LogP contribution < -0.4 is 0 Å². The number of nitrogens with zero attached hydrogens (tertiary/aromatic N) is 3. The second kappa shape index (κ2) is 12.4. The van der Waals surface area contributed by atoms with Gasteiger partial charge < -0.3 is 4.74 Å². The van der Waals surface area contributed by atoms with Crippen LogP contribution in [-0.4, -0.2) is 60.8 Å². The molecule has 38 heavy (non-hydrogen) atoms. The number of nitro benzene ring substituents is 1. The minimum absolute atomic E-state index is 0.0460. The van der Waals surface area contributed by atoms with Crippen LogP contribution >= 0.6 is 48.0 Å². The normalized spacial score (nSPS) is 17.7. The number of nitro groups is 1. The standard InChI is InChI=1S/C25H19N3O6S4/c29-21(10-11-26-22(30)19(37-24(26)35)14-16-4-2-1-3-5-16)34-13-12-27-23(31)20(38-25(27)36)15-17-6-8-18(9-7-17)28(32)33/h1-9,14-15H,10-13H2/b19-14-,20-15+. The molecule has 9 nitrogen and oxygen atoms in total. The van der Waals surface area contributed by atoms with Gasteiger partial charge in [-0.1, -0.05) is 78.3 Å². The van der Waals surface area contributed by atoms with Gasteiger partial charge in [0.25, 0.3) is 17.5 Å². The molecule has 0 aromatic heterocycles. The Morgan fingerprint density at radius 1 is 0.868 bits per heavy atom. The zero-order valence-corrected chi connectivity index (χ0v) is 22.9. The SMILES string of the molecule is O=C(CCN1C(=O)/C(=C/c2ccccc2)SC1=S)OCCN1C(=O)/C(=C\c2ccc([N+](=O)[O-])cc2)SC1=S.